The van der Waals surface area contributed by atoms with Gasteiger partial charge in [-0.1, -0.05) is 0 Å². The summed E-state index contributed by atoms with van der Waals surface area (Å²) in [6, 6.07) is 3.11. The van der Waals surface area contributed by atoms with Crippen LogP contribution in [0.5, 0.6) is 5.75 Å². The molecule has 4 rings (SSSR count). The molecule has 0 aliphatic carbocycles. The number of hydrogen-bond acceptors (Lipinski definition) is 6. The lowest BCUT2D eigenvalue weighted by Gasteiger charge is -2.19. The first-order chi connectivity index (χ1) is 11.7. The molecule has 1 aliphatic rings. The predicted molar refractivity (Wildman–Crippen MR) is 82.7 cm³/mol. The molecule has 4 heterocycles. The Morgan fingerprint density at radius 3 is 3.08 bits per heavy atom. The van der Waals surface area contributed by atoms with Gasteiger partial charge in [0.15, 0.2) is 11.4 Å². The first-order valence-corrected chi connectivity index (χ1v) is 7.53. The third kappa shape index (κ3) is 2.69. The average molecular weight is 328 g/mol. The number of carbonyl (C=O) groups excluding carboxylic acids is 1. The Morgan fingerprint density at radius 1 is 1.33 bits per heavy atom. The molecule has 0 spiro atoms. The predicted octanol–water partition coefficient (Wildman–Crippen LogP) is 0.0390. The van der Waals surface area contributed by atoms with E-state index in [0.29, 0.717) is 30.3 Å². The maximum absolute atomic E-state index is 12.6. The van der Waals surface area contributed by atoms with Crippen molar-refractivity contribution in [2.24, 2.45) is 7.05 Å². The van der Waals surface area contributed by atoms with Gasteiger partial charge in [0, 0.05) is 19.3 Å². The van der Waals surface area contributed by atoms with Crippen LogP contribution in [0.1, 0.15) is 10.5 Å². The fourth-order valence-electron chi connectivity index (χ4n) is 2.67. The van der Waals surface area contributed by atoms with Crippen LogP contribution in [0.25, 0.3) is 5.65 Å². The molecule has 3 aromatic heterocycles. The molecule has 2 atom stereocenters. The number of rotatable bonds is 4. The van der Waals surface area contributed by atoms with E-state index in [4.69, 9.17) is 9.47 Å². The third-order valence-corrected chi connectivity index (χ3v) is 3.84. The molecule has 0 saturated carbocycles. The van der Waals surface area contributed by atoms with E-state index in [-0.39, 0.29) is 18.1 Å². The molecule has 1 amide bonds. The van der Waals surface area contributed by atoms with Gasteiger partial charge in [-0.3, -0.25) is 9.48 Å². The van der Waals surface area contributed by atoms with Crippen molar-refractivity contribution >= 4 is 11.6 Å². The summed E-state index contributed by atoms with van der Waals surface area (Å²) in [5, 5.41) is 11.1. The zero-order valence-corrected chi connectivity index (χ0v) is 13.0. The Morgan fingerprint density at radius 2 is 2.25 bits per heavy atom. The summed E-state index contributed by atoms with van der Waals surface area (Å²) in [6.45, 7) is 0.803. The lowest BCUT2D eigenvalue weighted by atomic mass is 10.2. The molecule has 1 N–H and O–H groups in total. The summed E-state index contributed by atoms with van der Waals surface area (Å²) in [5.74, 6) is 0.395. The smallest absolute Gasteiger partial charge is 0.270 e. The van der Waals surface area contributed by atoms with Gasteiger partial charge in [-0.25, -0.2) is 9.50 Å². The van der Waals surface area contributed by atoms with Gasteiger partial charge in [-0.2, -0.15) is 10.2 Å². The van der Waals surface area contributed by atoms with E-state index in [2.05, 4.69) is 20.5 Å². The molecule has 1 saturated heterocycles. The Labute approximate surface area is 137 Å². The molecule has 0 unspecified atom stereocenters. The van der Waals surface area contributed by atoms with Gasteiger partial charge >= 0.3 is 0 Å². The molecule has 1 fully saturated rings. The van der Waals surface area contributed by atoms with E-state index in [1.807, 2.05) is 7.05 Å². The number of fused-ring (bicyclic) bond motifs is 1. The number of nitrogens with zero attached hydrogens (tertiary/aromatic N) is 5. The number of aryl methyl sites for hydroxylation is 1. The summed E-state index contributed by atoms with van der Waals surface area (Å²) >= 11 is 0. The molecule has 0 radical (unpaired) electrons. The van der Waals surface area contributed by atoms with Gasteiger partial charge in [0.05, 0.1) is 37.8 Å². The van der Waals surface area contributed by atoms with Crippen molar-refractivity contribution in [2.75, 3.05) is 13.2 Å². The van der Waals surface area contributed by atoms with Crippen molar-refractivity contribution in [3.05, 3.63) is 42.6 Å². The van der Waals surface area contributed by atoms with E-state index in [0.717, 1.165) is 0 Å². The van der Waals surface area contributed by atoms with E-state index >= 15 is 0 Å². The second-order valence-corrected chi connectivity index (χ2v) is 5.55. The minimum Gasteiger partial charge on any atom is -0.482 e. The highest BCUT2D eigenvalue weighted by Crippen LogP contribution is 2.16. The highest BCUT2D eigenvalue weighted by molar-refractivity contribution is 5.93. The van der Waals surface area contributed by atoms with Crippen LogP contribution in [0.3, 0.4) is 0 Å². The Bertz CT molecular complexity index is 873. The molecule has 24 heavy (non-hydrogen) atoms. The Hall–Kier alpha value is -2.94. The highest BCUT2D eigenvalue weighted by Gasteiger charge is 2.32. The second-order valence-electron chi connectivity index (χ2n) is 5.55. The van der Waals surface area contributed by atoms with E-state index < -0.39 is 0 Å². The van der Waals surface area contributed by atoms with Crippen molar-refractivity contribution in [3.8, 4) is 5.75 Å². The molecule has 3 aromatic rings. The van der Waals surface area contributed by atoms with Crippen LogP contribution in [0.4, 0.5) is 0 Å². The van der Waals surface area contributed by atoms with E-state index in [1.54, 1.807) is 41.6 Å². The number of amides is 1. The van der Waals surface area contributed by atoms with Crippen molar-refractivity contribution < 1.29 is 14.3 Å². The molecule has 0 bridgehead atoms. The van der Waals surface area contributed by atoms with Gasteiger partial charge < -0.3 is 14.8 Å². The number of aromatic nitrogens is 5. The number of ether oxygens (including phenoxy) is 2. The topological polar surface area (TPSA) is 95.6 Å². The molecule has 124 valence electrons. The first kappa shape index (κ1) is 14.6. The first-order valence-electron chi connectivity index (χ1n) is 7.53. The van der Waals surface area contributed by atoms with Crippen LogP contribution in [0.15, 0.2) is 36.9 Å². The summed E-state index contributed by atoms with van der Waals surface area (Å²) < 4.78 is 14.5. The monoisotopic (exact) mass is 328 g/mol. The van der Waals surface area contributed by atoms with Gasteiger partial charge in [-0.05, 0) is 6.07 Å². The fraction of sp³-hybridized carbons (Fsp3) is 0.333. The maximum Gasteiger partial charge on any atom is 0.270 e. The fourth-order valence-corrected chi connectivity index (χ4v) is 2.67. The summed E-state index contributed by atoms with van der Waals surface area (Å²) in [5.41, 5.74) is 1.03. The standard InChI is InChI=1S/C15H16N6O3/c1-20-7-10(6-18-20)24-13-9-23-8-11(13)19-15(22)12-2-4-16-14-3-5-17-21(12)14/h2-7,11,13H,8-9H2,1H3,(H,19,22)/t11-,13+/m0/s1. The summed E-state index contributed by atoms with van der Waals surface area (Å²) in [4.78, 5) is 16.7. The molecule has 1 aliphatic heterocycles. The van der Waals surface area contributed by atoms with Crippen LogP contribution in [0.2, 0.25) is 0 Å². The zero-order chi connectivity index (χ0) is 16.5. The van der Waals surface area contributed by atoms with Gasteiger partial charge in [0.2, 0.25) is 0 Å². The molecule has 9 heteroatoms. The normalized spacial score (nSPS) is 20.4. The lowest BCUT2D eigenvalue weighted by molar-refractivity contribution is 0.0896. The minimum absolute atomic E-state index is 0.249. The number of carbonyl (C=O) groups is 1. The van der Waals surface area contributed by atoms with E-state index in [1.165, 1.54) is 4.52 Å². The van der Waals surface area contributed by atoms with Crippen LogP contribution in [-0.2, 0) is 11.8 Å². The zero-order valence-electron chi connectivity index (χ0n) is 13.0. The number of hydrogen-bond donors (Lipinski definition) is 1. The highest BCUT2D eigenvalue weighted by atomic mass is 16.5. The number of nitrogens with one attached hydrogen (secondary N) is 1. The Balaban J connectivity index is 1.49. The van der Waals surface area contributed by atoms with Gasteiger partial charge in [0.25, 0.3) is 5.91 Å². The van der Waals surface area contributed by atoms with Crippen molar-refractivity contribution in [2.45, 2.75) is 12.1 Å². The minimum atomic E-state index is -0.270. The summed E-state index contributed by atoms with van der Waals surface area (Å²) in [6.07, 6.45) is 6.32. The Kier molecular flexibility index (Phi) is 3.62. The van der Waals surface area contributed by atoms with Crippen molar-refractivity contribution in [1.29, 1.82) is 0 Å². The SMILES string of the molecule is Cn1cc(O[C@@H]2COC[C@@H]2NC(=O)c2ccnc3ccnn23)cn1. The molecule has 0 aromatic carbocycles. The van der Waals surface area contributed by atoms with Gasteiger partial charge in [0.1, 0.15) is 11.8 Å². The summed E-state index contributed by atoms with van der Waals surface area (Å²) in [7, 11) is 1.82. The van der Waals surface area contributed by atoms with Crippen LogP contribution < -0.4 is 10.1 Å². The molecule has 9 nitrogen and oxygen atoms in total. The van der Waals surface area contributed by atoms with Crippen LogP contribution >= 0.6 is 0 Å². The molecular formula is C15H16N6O3. The second kappa shape index (κ2) is 5.93. The van der Waals surface area contributed by atoms with Crippen LogP contribution in [-0.4, -0.2) is 55.6 Å². The third-order valence-electron chi connectivity index (χ3n) is 3.84. The quantitative estimate of drug-likeness (QED) is 0.726. The van der Waals surface area contributed by atoms with E-state index in [9.17, 15) is 4.79 Å². The van der Waals surface area contributed by atoms with Gasteiger partial charge in [-0.15, -0.1) is 0 Å². The lowest BCUT2D eigenvalue weighted by Crippen LogP contribution is -2.45. The van der Waals surface area contributed by atoms with Crippen LogP contribution in [0, 0.1) is 0 Å². The van der Waals surface area contributed by atoms with Crippen molar-refractivity contribution in [3.63, 3.8) is 0 Å². The average Bonchev–Trinajstić information content (AvgIpc) is 3.29. The maximum atomic E-state index is 12.6. The molecular weight excluding hydrogens is 312 g/mol. The largest absolute Gasteiger partial charge is 0.482 e. The van der Waals surface area contributed by atoms with Crippen molar-refractivity contribution in [1.82, 2.24) is 29.7 Å².